The van der Waals surface area contributed by atoms with E-state index in [0.29, 0.717) is 11.3 Å². The van der Waals surface area contributed by atoms with Crippen LogP contribution in [0.15, 0.2) is 0 Å². The number of hydrogen-bond donors (Lipinski definition) is 0. The number of nitrogens with zero attached hydrogens (tertiary/aromatic N) is 3. The Hall–Kier alpha value is -0.570. The molecule has 1 aromatic heterocycles. The second-order valence-corrected chi connectivity index (χ2v) is 7.12. The molecule has 0 radical (unpaired) electrons. The van der Waals surface area contributed by atoms with Crippen LogP contribution in [-0.2, 0) is 5.41 Å². The molecule has 1 aliphatic carbocycles. The quantitative estimate of drug-likeness (QED) is 0.801. The average Bonchev–Trinajstić information content (AvgIpc) is 2.74. The van der Waals surface area contributed by atoms with Crippen molar-refractivity contribution in [3.05, 3.63) is 11.1 Å². The molecular formula is C15H26ClN3. The van der Waals surface area contributed by atoms with E-state index in [0.717, 1.165) is 18.2 Å². The fourth-order valence-corrected chi connectivity index (χ4v) is 3.57. The Bertz CT molecular complexity index is 414. The zero-order valence-electron chi connectivity index (χ0n) is 12.6. The Morgan fingerprint density at radius 1 is 1.21 bits per heavy atom. The fourth-order valence-electron chi connectivity index (χ4n) is 3.32. The first-order chi connectivity index (χ1) is 8.95. The highest BCUT2D eigenvalue weighted by atomic mass is 35.5. The van der Waals surface area contributed by atoms with Crippen molar-refractivity contribution < 1.29 is 0 Å². The second-order valence-electron chi connectivity index (χ2n) is 6.79. The lowest BCUT2D eigenvalue weighted by Crippen LogP contribution is -2.27. The van der Waals surface area contributed by atoms with Gasteiger partial charge < -0.3 is 0 Å². The molecule has 108 valence electrons. The van der Waals surface area contributed by atoms with Crippen molar-refractivity contribution in [2.24, 2.45) is 5.92 Å². The van der Waals surface area contributed by atoms with Crippen molar-refractivity contribution in [2.75, 3.05) is 0 Å². The Balaban J connectivity index is 2.34. The maximum absolute atomic E-state index is 6.33. The van der Waals surface area contributed by atoms with Gasteiger partial charge in [0.15, 0.2) is 0 Å². The molecule has 0 aromatic carbocycles. The van der Waals surface area contributed by atoms with Crippen LogP contribution in [0.2, 0.25) is 5.28 Å². The zero-order valence-corrected chi connectivity index (χ0v) is 13.4. The van der Waals surface area contributed by atoms with E-state index in [1.807, 2.05) is 0 Å². The van der Waals surface area contributed by atoms with Gasteiger partial charge in [-0.1, -0.05) is 47.0 Å². The molecule has 2 rings (SSSR count). The lowest BCUT2D eigenvalue weighted by Gasteiger charge is -2.33. The summed E-state index contributed by atoms with van der Waals surface area (Å²) in [4.78, 5) is 0. The number of halogens is 1. The van der Waals surface area contributed by atoms with Crippen LogP contribution in [0.25, 0.3) is 0 Å². The first-order valence-electron chi connectivity index (χ1n) is 7.56. The Labute approximate surface area is 121 Å². The summed E-state index contributed by atoms with van der Waals surface area (Å²) < 4.78 is 2.21. The van der Waals surface area contributed by atoms with Crippen molar-refractivity contribution in [3.63, 3.8) is 0 Å². The van der Waals surface area contributed by atoms with Crippen LogP contribution in [-0.4, -0.2) is 14.8 Å². The van der Waals surface area contributed by atoms with Crippen LogP contribution < -0.4 is 0 Å². The molecule has 1 atom stereocenters. The molecule has 1 aliphatic rings. The fraction of sp³-hybridized carbons (Fsp3) is 0.867. The molecular weight excluding hydrogens is 258 g/mol. The summed E-state index contributed by atoms with van der Waals surface area (Å²) in [6, 6.07) is 0.456. The predicted molar refractivity (Wildman–Crippen MR) is 79.6 cm³/mol. The largest absolute Gasteiger partial charge is 0.298 e. The molecule has 1 aromatic rings. The maximum Gasteiger partial charge on any atom is 0.225 e. The lowest BCUT2D eigenvalue weighted by atomic mass is 9.82. The first kappa shape index (κ1) is 14.8. The summed E-state index contributed by atoms with van der Waals surface area (Å²) in [6.07, 6.45) is 7.82. The smallest absolute Gasteiger partial charge is 0.225 e. The highest BCUT2D eigenvalue weighted by molar-refractivity contribution is 6.28. The highest BCUT2D eigenvalue weighted by Gasteiger charge is 2.31. The molecule has 1 fully saturated rings. The second kappa shape index (κ2) is 5.82. The van der Waals surface area contributed by atoms with Gasteiger partial charge in [-0.2, -0.15) is 0 Å². The SMILES string of the molecule is CCC(C1CCCCC1)n1c(Cl)nnc1C(C)(C)C. The molecule has 0 bridgehead atoms. The van der Waals surface area contributed by atoms with E-state index in [-0.39, 0.29) is 5.41 Å². The van der Waals surface area contributed by atoms with Gasteiger partial charge in [0.2, 0.25) is 5.28 Å². The molecule has 0 amide bonds. The molecule has 1 saturated carbocycles. The number of rotatable bonds is 3. The van der Waals surface area contributed by atoms with Gasteiger partial charge in [0.05, 0.1) is 0 Å². The molecule has 0 spiro atoms. The molecule has 4 heteroatoms. The number of hydrogen-bond acceptors (Lipinski definition) is 2. The van der Waals surface area contributed by atoms with E-state index in [4.69, 9.17) is 11.6 Å². The van der Waals surface area contributed by atoms with Crippen LogP contribution in [0.5, 0.6) is 0 Å². The summed E-state index contributed by atoms with van der Waals surface area (Å²) in [5.41, 5.74) is -0.0117. The van der Waals surface area contributed by atoms with Gasteiger partial charge in [-0.15, -0.1) is 10.2 Å². The van der Waals surface area contributed by atoms with Gasteiger partial charge in [0.1, 0.15) is 5.82 Å². The summed E-state index contributed by atoms with van der Waals surface area (Å²) in [7, 11) is 0. The predicted octanol–water partition coefficient (Wildman–Crippen LogP) is 4.76. The Morgan fingerprint density at radius 3 is 2.37 bits per heavy atom. The summed E-state index contributed by atoms with van der Waals surface area (Å²) >= 11 is 6.33. The minimum Gasteiger partial charge on any atom is -0.298 e. The van der Waals surface area contributed by atoms with Crippen LogP contribution in [0.3, 0.4) is 0 Å². The van der Waals surface area contributed by atoms with Gasteiger partial charge >= 0.3 is 0 Å². The Kier molecular flexibility index (Phi) is 4.54. The van der Waals surface area contributed by atoms with Crippen molar-refractivity contribution in [2.45, 2.75) is 77.7 Å². The first-order valence-corrected chi connectivity index (χ1v) is 7.93. The minimum atomic E-state index is -0.0117. The van der Waals surface area contributed by atoms with Crippen LogP contribution in [0, 0.1) is 5.92 Å². The van der Waals surface area contributed by atoms with Crippen molar-refractivity contribution in [3.8, 4) is 0 Å². The van der Waals surface area contributed by atoms with E-state index in [1.165, 1.54) is 32.1 Å². The summed E-state index contributed by atoms with van der Waals surface area (Å²) in [5, 5.41) is 9.01. The van der Waals surface area contributed by atoms with Crippen LogP contribution in [0.4, 0.5) is 0 Å². The van der Waals surface area contributed by atoms with E-state index >= 15 is 0 Å². The van der Waals surface area contributed by atoms with E-state index in [9.17, 15) is 0 Å². The Morgan fingerprint density at radius 2 is 1.84 bits per heavy atom. The third kappa shape index (κ3) is 3.13. The van der Waals surface area contributed by atoms with Crippen molar-refractivity contribution in [1.82, 2.24) is 14.8 Å². The topological polar surface area (TPSA) is 30.7 Å². The zero-order chi connectivity index (χ0) is 14.0. The van der Waals surface area contributed by atoms with Crippen LogP contribution >= 0.6 is 11.6 Å². The standard InChI is InChI=1S/C15H26ClN3/c1-5-12(11-9-7-6-8-10-11)19-13(15(2,3)4)17-18-14(19)16/h11-12H,5-10H2,1-4H3. The highest BCUT2D eigenvalue weighted by Crippen LogP contribution is 2.38. The minimum absolute atomic E-state index is 0.0117. The van der Waals surface area contributed by atoms with Crippen LogP contribution in [0.1, 0.15) is 78.1 Å². The molecule has 3 nitrogen and oxygen atoms in total. The van der Waals surface area contributed by atoms with Gasteiger partial charge in [-0.3, -0.25) is 4.57 Å². The maximum atomic E-state index is 6.33. The monoisotopic (exact) mass is 283 g/mol. The van der Waals surface area contributed by atoms with Crippen molar-refractivity contribution >= 4 is 11.6 Å². The van der Waals surface area contributed by atoms with Gasteiger partial charge in [0, 0.05) is 11.5 Å². The molecule has 19 heavy (non-hydrogen) atoms. The van der Waals surface area contributed by atoms with E-state index in [2.05, 4.69) is 42.5 Å². The average molecular weight is 284 g/mol. The van der Waals surface area contributed by atoms with Gasteiger partial charge in [-0.05, 0) is 36.8 Å². The molecule has 0 aliphatic heterocycles. The summed E-state index contributed by atoms with van der Waals surface area (Å²) in [5.74, 6) is 1.75. The van der Waals surface area contributed by atoms with E-state index in [1.54, 1.807) is 0 Å². The van der Waals surface area contributed by atoms with E-state index < -0.39 is 0 Å². The van der Waals surface area contributed by atoms with Gasteiger partial charge in [-0.25, -0.2) is 0 Å². The van der Waals surface area contributed by atoms with Gasteiger partial charge in [0.25, 0.3) is 0 Å². The normalized spacial score (nSPS) is 19.6. The summed E-state index contributed by atoms with van der Waals surface area (Å²) in [6.45, 7) is 8.79. The third-order valence-electron chi connectivity index (χ3n) is 4.27. The molecule has 0 saturated heterocycles. The van der Waals surface area contributed by atoms with Crippen molar-refractivity contribution in [1.29, 1.82) is 0 Å². The lowest BCUT2D eigenvalue weighted by molar-refractivity contribution is 0.233. The molecule has 1 heterocycles. The number of aromatic nitrogens is 3. The molecule has 0 N–H and O–H groups in total. The molecule has 1 unspecified atom stereocenters. The third-order valence-corrected chi connectivity index (χ3v) is 4.53.